The van der Waals surface area contributed by atoms with Gasteiger partial charge in [0.15, 0.2) is 0 Å². The van der Waals surface area contributed by atoms with Crippen molar-refractivity contribution in [3.05, 3.63) is 46.8 Å². The van der Waals surface area contributed by atoms with Gasteiger partial charge >= 0.3 is 0 Å². The summed E-state index contributed by atoms with van der Waals surface area (Å²) in [6.45, 7) is 9.91. The van der Waals surface area contributed by atoms with E-state index >= 15 is 0 Å². The summed E-state index contributed by atoms with van der Waals surface area (Å²) in [5.74, 6) is 1.30. The van der Waals surface area contributed by atoms with Gasteiger partial charge in [0.2, 0.25) is 5.91 Å². The van der Waals surface area contributed by atoms with Crippen LogP contribution in [0.3, 0.4) is 0 Å². The maximum Gasteiger partial charge on any atom is 0.246 e. The molecule has 1 saturated heterocycles. The molecule has 7 heteroatoms. The number of anilines is 1. The monoisotopic (exact) mass is 416 g/mol. The molecule has 0 unspecified atom stereocenters. The molecule has 0 bridgehead atoms. The zero-order chi connectivity index (χ0) is 21.0. The molecule has 0 N–H and O–H groups in total. The minimum atomic E-state index is 0.00598. The number of aryl methyl sites for hydroxylation is 1. The Morgan fingerprint density at radius 1 is 1.21 bits per heavy atom. The van der Waals surface area contributed by atoms with Gasteiger partial charge in [-0.25, -0.2) is 0 Å². The molecule has 0 atom stereocenters. The summed E-state index contributed by atoms with van der Waals surface area (Å²) in [6, 6.07) is 8.02. The van der Waals surface area contributed by atoms with E-state index in [1.165, 1.54) is 0 Å². The molecule has 156 valence electrons. The van der Waals surface area contributed by atoms with Crippen LogP contribution in [-0.2, 0) is 11.3 Å². The molecular weight excluding hydrogens is 388 g/mol. The maximum atomic E-state index is 12.6. The van der Waals surface area contributed by atoms with Gasteiger partial charge in [0.1, 0.15) is 10.9 Å². The quantitative estimate of drug-likeness (QED) is 0.671. The van der Waals surface area contributed by atoms with E-state index in [4.69, 9.17) is 16.3 Å². The first-order valence-corrected chi connectivity index (χ1v) is 10.4. The lowest BCUT2D eigenvalue weighted by Crippen LogP contribution is -2.48. The van der Waals surface area contributed by atoms with Crippen LogP contribution in [0, 0.1) is 12.8 Å². The highest BCUT2D eigenvalue weighted by atomic mass is 35.5. The van der Waals surface area contributed by atoms with Crippen LogP contribution >= 0.6 is 11.6 Å². The summed E-state index contributed by atoms with van der Waals surface area (Å²) in [5, 5.41) is 5.08. The van der Waals surface area contributed by atoms with E-state index in [9.17, 15) is 4.79 Å². The first kappa shape index (κ1) is 21.2. The fourth-order valence-corrected chi connectivity index (χ4v) is 3.77. The van der Waals surface area contributed by atoms with Crippen LogP contribution in [0.2, 0.25) is 5.15 Å². The van der Waals surface area contributed by atoms with Crippen molar-refractivity contribution in [2.24, 2.45) is 5.92 Å². The van der Waals surface area contributed by atoms with Gasteiger partial charge in [0.25, 0.3) is 0 Å². The van der Waals surface area contributed by atoms with Gasteiger partial charge in [-0.1, -0.05) is 25.4 Å². The number of halogens is 1. The van der Waals surface area contributed by atoms with Gasteiger partial charge in [-0.05, 0) is 43.2 Å². The fraction of sp³-hybridized carbons (Fsp3) is 0.455. The van der Waals surface area contributed by atoms with Crippen molar-refractivity contribution in [3.63, 3.8) is 0 Å². The highest BCUT2D eigenvalue weighted by molar-refractivity contribution is 6.31. The number of nitrogens with zero attached hydrogens (tertiary/aromatic N) is 4. The van der Waals surface area contributed by atoms with Crippen LogP contribution in [0.15, 0.2) is 30.3 Å². The highest BCUT2D eigenvalue weighted by Gasteiger charge is 2.20. The summed E-state index contributed by atoms with van der Waals surface area (Å²) in [6.07, 6.45) is 3.40. The Labute approximate surface area is 177 Å². The van der Waals surface area contributed by atoms with Crippen molar-refractivity contribution in [2.75, 3.05) is 38.2 Å². The van der Waals surface area contributed by atoms with Crippen molar-refractivity contribution < 1.29 is 9.53 Å². The molecule has 0 spiro atoms. The molecule has 3 rings (SSSR count). The van der Waals surface area contributed by atoms with E-state index in [1.807, 2.05) is 24.0 Å². The lowest BCUT2D eigenvalue weighted by Gasteiger charge is -2.35. The number of methoxy groups -OCH3 is 1. The van der Waals surface area contributed by atoms with Gasteiger partial charge in [0, 0.05) is 50.1 Å². The highest BCUT2D eigenvalue weighted by Crippen LogP contribution is 2.23. The molecule has 1 aromatic heterocycles. The van der Waals surface area contributed by atoms with Crippen molar-refractivity contribution in [1.29, 1.82) is 0 Å². The zero-order valence-corrected chi connectivity index (χ0v) is 18.3. The van der Waals surface area contributed by atoms with Crippen molar-refractivity contribution in [2.45, 2.75) is 27.3 Å². The maximum absolute atomic E-state index is 12.6. The molecule has 1 aromatic carbocycles. The molecule has 2 heterocycles. The van der Waals surface area contributed by atoms with Crippen LogP contribution in [-0.4, -0.2) is 53.9 Å². The molecule has 1 aliphatic rings. The minimum absolute atomic E-state index is 0.00598. The molecule has 29 heavy (non-hydrogen) atoms. The number of carbonyl (C=O) groups is 1. The third kappa shape index (κ3) is 5.12. The van der Waals surface area contributed by atoms with E-state index < -0.39 is 0 Å². The third-order valence-electron chi connectivity index (χ3n) is 5.07. The Kier molecular flexibility index (Phi) is 6.85. The van der Waals surface area contributed by atoms with E-state index in [0.717, 1.165) is 42.3 Å². The van der Waals surface area contributed by atoms with Crippen LogP contribution in [0.1, 0.15) is 25.1 Å². The summed E-state index contributed by atoms with van der Waals surface area (Å²) >= 11 is 6.46. The molecule has 2 aromatic rings. The van der Waals surface area contributed by atoms with Crippen molar-refractivity contribution in [1.82, 2.24) is 14.7 Å². The molecule has 0 saturated carbocycles. The fourth-order valence-electron chi connectivity index (χ4n) is 3.46. The standard InChI is InChI=1S/C22H29ClN4O2/c1-16(2)15-27-22(23)20(17(3)24-27)9-10-21(28)26-13-11-25(12-14-26)18-5-7-19(29-4)8-6-18/h5-10,16H,11-15H2,1-4H3/b10-9+. The van der Waals surface area contributed by atoms with E-state index in [0.29, 0.717) is 24.2 Å². The summed E-state index contributed by atoms with van der Waals surface area (Å²) in [4.78, 5) is 16.8. The smallest absolute Gasteiger partial charge is 0.246 e. The third-order valence-corrected chi connectivity index (χ3v) is 5.47. The lowest BCUT2D eigenvalue weighted by molar-refractivity contribution is -0.126. The van der Waals surface area contributed by atoms with E-state index in [2.05, 4.69) is 36.0 Å². The number of benzene rings is 1. The Morgan fingerprint density at radius 2 is 1.86 bits per heavy atom. The number of rotatable bonds is 6. The van der Waals surface area contributed by atoms with Gasteiger partial charge in [-0.15, -0.1) is 0 Å². The van der Waals surface area contributed by atoms with Crippen molar-refractivity contribution in [3.8, 4) is 5.75 Å². The molecule has 0 radical (unpaired) electrons. The summed E-state index contributed by atoms with van der Waals surface area (Å²) in [7, 11) is 1.66. The van der Waals surface area contributed by atoms with Gasteiger partial charge < -0.3 is 14.5 Å². The number of ether oxygens (including phenoxy) is 1. The number of aromatic nitrogens is 2. The first-order valence-electron chi connectivity index (χ1n) is 9.98. The van der Waals surface area contributed by atoms with Crippen LogP contribution < -0.4 is 9.64 Å². The zero-order valence-electron chi connectivity index (χ0n) is 17.6. The Bertz CT molecular complexity index is 866. The molecule has 6 nitrogen and oxygen atoms in total. The van der Waals surface area contributed by atoms with E-state index in [1.54, 1.807) is 23.9 Å². The van der Waals surface area contributed by atoms with Gasteiger partial charge in [0.05, 0.1) is 12.8 Å². The molecule has 0 aliphatic carbocycles. The largest absolute Gasteiger partial charge is 0.497 e. The van der Waals surface area contributed by atoms with Crippen molar-refractivity contribution >= 4 is 29.3 Å². The second-order valence-corrected chi connectivity index (χ2v) is 8.07. The molecule has 1 fully saturated rings. The summed E-state index contributed by atoms with van der Waals surface area (Å²) in [5.41, 5.74) is 2.80. The normalized spacial score (nSPS) is 14.8. The lowest BCUT2D eigenvalue weighted by atomic mass is 10.2. The summed E-state index contributed by atoms with van der Waals surface area (Å²) < 4.78 is 7.02. The van der Waals surface area contributed by atoms with Crippen LogP contribution in [0.5, 0.6) is 5.75 Å². The number of carbonyl (C=O) groups excluding carboxylic acids is 1. The topological polar surface area (TPSA) is 50.6 Å². The SMILES string of the molecule is COc1ccc(N2CCN(C(=O)/C=C/c3c(C)nn(CC(C)C)c3Cl)CC2)cc1. The second-order valence-electron chi connectivity index (χ2n) is 7.71. The number of hydrogen-bond donors (Lipinski definition) is 0. The number of amides is 1. The van der Waals surface area contributed by atoms with Crippen LogP contribution in [0.4, 0.5) is 5.69 Å². The Morgan fingerprint density at radius 3 is 2.45 bits per heavy atom. The van der Waals surface area contributed by atoms with Crippen LogP contribution in [0.25, 0.3) is 6.08 Å². The average molecular weight is 417 g/mol. The second kappa shape index (κ2) is 9.35. The predicted molar refractivity (Wildman–Crippen MR) is 118 cm³/mol. The molecule has 1 aliphatic heterocycles. The minimum Gasteiger partial charge on any atom is -0.497 e. The first-order chi connectivity index (χ1) is 13.9. The molecular formula is C22H29ClN4O2. The predicted octanol–water partition coefficient (Wildman–Crippen LogP) is 3.87. The van der Waals surface area contributed by atoms with Gasteiger partial charge in [-0.3, -0.25) is 9.48 Å². The average Bonchev–Trinajstić information content (AvgIpc) is 2.98. The van der Waals surface area contributed by atoms with Gasteiger partial charge in [-0.2, -0.15) is 5.10 Å². The number of hydrogen-bond acceptors (Lipinski definition) is 4. The Balaban J connectivity index is 1.59. The van der Waals surface area contributed by atoms with E-state index in [-0.39, 0.29) is 5.91 Å². The number of piperazine rings is 1. The molecule has 1 amide bonds. The Hall–Kier alpha value is -2.47.